The third kappa shape index (κ3) is 1.83. The first-order valence-corrected chi connectivity index (χ1v) is 3.26. The summed E-state index contributed by atoms with van der Waals surface area (Å²) in [6.07, 6.45) is 0. The molecule has 1 aromatic carbocycles. The summed E-state index contributed by atoms with van der Waals surface area (Å²) in [5, 5.41) is 10.2. The molecule has 12 heavy (non-hydrogen) atoms. The molecule has 0 atom stereocenters. The summed E-state index contributed by atoms with van der Waals surface area (Å²) in [4.78, 5) is 9.78. The van der Waals surface area contributed by atoms with Crippen molar-refractivity contribution >= 4 is 5.69 Å². The minimum atomic E-state index is -0.443. The molecule has 3 nitrogen and oxygen atoms in total. The molecule has 0 amide bonds. The Labute approximate surface area is 70.2 Å². The van der Waals surface area contributed by atoms with Gasteiger partial charge in [-0.05, 0) is 12.1 Å². The average molecular weight is 160 g/mol. The van der Waals surface area contributed by atoms with Crippen LogP contribution in [0.5, 0.6) is 0 Å². The molecule has 0 unspecified atom stereocenters. The lowest BCUT2D eigenvalue weighted by Gasteiger charge is -1.90. The molecule has 0 N–H and O–H groups in total. The van der Waals surface area contributed by atoms with Crippen LogP contribution in [0.4, 0.5) is 5.69 Å². The fourth-order valence-electron chi connectivity index (χ4n) is 0.769. The fraction of sp³-hybridized carbons (Fsp3) is 0. The van der Waals surface area contributed by atoms with Gasteiger partial charge in [0.1, 0.15) is 0 Å². The zero-order valence-corrected chi connectivity index (χ0v) is 6.28. The third-order valence-corrected chi connectivity index (χ3v) is 1.31. The quantitative estimate of drug-likeness (QED) is 0.357. The number of nitrogens with zero attached hydrogens (tertiary/aromatic N) is 1. The molecule has 1 aromatic rings. The molecule has 0 aliphatic carbocycles. The van der Waals surface area contributed by atoms with Gasteiger partial charge in [0.25, 0.3) is 5.69 Å². The van der Waals surface area contributed by atoms with E-state index in [2.05, 4.69) is 18.8 Å². The van der Waals surface area contributed by atoms with Crippen molar-refractivity contribution in [1.82, 2.24) is 0 Å². The summed E-state index contributed by atoms with van der Waals surface area (Å²) in [6.45, 7) is 3.34. The van der Waals surface area contributed by atoms with Gasteiger partial charge in [-0.15, -0.1) is 0 Å². The van der Waals surface area contributed by atoms with Gasteiger partial charge >= 0.3 is 0 Å². The molecule has 0 bridgehead atoms. The smallest absolute Gasteiger partial charge is 0.258 e. The molecule has 0 heterocycles. The van der Waals surface area contributed by atoms with Crippen LogP contribution in [0.2, 0.25) is 0 Å². The molecule has 1 radical (unpaired) electrons. The molecular formula is C9H6NO2. The minimum absolute atomic E-state index is 0.0737. The van der Waals surface area contributed by atoms with Crippen LogP contribution in [0.3, 0.4) is 0 Å². The molecule has 0 saturated carbocycles. The van der Waals surface area contributed by atoms with Gasteiger partial charge in [-0.3, -0.25) is 10.1 Å². The first-order valence-electron chi connectivity index (χ1n) is 3.26. The number of hydrogen-bond acceptors (Lipinski definition) is 2. The van der Waals surface area contributed by atoms with Gasteiger partial charge in [0, 0.05) is 24.6 Å². The largest absolute Gasteiger partial charge is 0.269 e. The van der Waals surface area contributed by atoms with Crippen LogP contribution >= 0.6 is 0 Å². The number of nitro groups is 1. The van der Waals surface area contributed by atoms with Crippen molar-refractivity contribution in [2.24, 2.45) is 0 Å². The molecule has 0 aliphatic rings. The lowest BCUT2D eigenvalue weighted by Crippen LogP contribution is -1.86. The fourth-order valence-corrected chi connectivity index (χ4v) is 0.769. The Bertz CT molecular complexity index is 343. The van der Waals surface area contributed by atoms with Gasteiger partial charge in [0.15, 0.2) is 0 Å². The van der Waals surface area contributed by atoms with Crippen molar-refractivity contribution in [3.63, 3.8) is 0 Å². The lowest BCUT2D eigenvalue weighted by molar-refractivity contribution is -0.384. The van der Waals surface area contributed by atoms with Gasteiger partial charge in [-0.25, -0.2) is 0 Å². The van der Waals surface area contributed by atoms with Gasteiger partial charge in [0.2, 0.25) is 0 Å². The van der Waals surface area contributed by atoms with Crippen LogP contribution in [0.15, 0.2) is 24.3 Å². The lowest BCUT2D eigenvalue weighted by atomic mass is 10.2. The predicted molar refractivity (Wildman–Crippen MR) is 45.3 cm³/mol. The topological polar surface area (TPSA) is 43.1 Å². The van der Waals surface area contributed by atoms with Crippen LogP contribution in [-0.2, 0) is 0 Å². The van der Waals surface area contributed by atoms with E-state index in [9.17, 15) is 10.1 Å². The zero-order chi connectivity index (χ0) is 8.97. The highest BCUT2D eigenvalue weighted by molar-refractivity contribution is 5.41. The number of rotatable bonds is 1. The van der Waals surface area contributed by atoms with E-state index in [1.165, 1.54) is 12.1 Å². The molecule has 3 heteroatoms. The number of nitro benzene ring substituents is 1. The van der Waals surface area contributed by atoms with E-state index in [0.717, 1.165) is 5.56 Å². The third-order valence-electron chi connectivity index (χ3n) is 1.31. The standard InChI is InChI=1S/C9H6NO2/c1-2-3-8-4-6-9(7-5-8)10(11)12/h4-7H,1H2. The number of benzene rings is 1. The van der Waals surface area contributed by atoms with Crippen molar-refractivity contribution in [2.75, 3.05) is 0 Å². The molecule has 1 rings (SSSR count). The summed E-state index contributed by atoms with van der Waals surface area (Å²) in [7, 11) is 0. The second kappa shape index (κ2) is 3.54. The second-order valence-corrected chi connectivity index (χ2v) is 2.11. The zero-order valence-electron chi connectivity index (χ0n) is 6.28. The van der Waals surface area contributed by atoms with Crippen LogP contribution in [-0.4, -0.2) is 4.92 Å². The van der Waals surface area contributed by atoms with Crippen molar-refractivity contribution in [1.29, 1.82) is 0 Å². The molecule has 0 aliphatic heterocycles. The average Bonchev–Trinajstić information content (AvgIpc) is 2.06. The first kappa shape index (κ1) is 8.28. The highest BCUT2D eigenvalue weighted by atomic mass is 16.6. The van der Waals surface area contributed by atoms with Crippen molar-refractivity contribution in [3.05, 3.63) is 46.9 Å². The molecule has 0 fully saturated rings. The monoisotopic (exact) mass is 160 g/mol. The molecule has 0 aromatic heterocycles. The van der Waals surface area contributed by atoms with Gasteiger partial charge < -0.3 is 0 Å². The maximum atomic E-state index is 10.2. The van der Waals surface area contributed by atoms with E-state index in [0.29, 0.717) is 0 Å². The Kier molecular flexibility index (Phi) is 2.44. The van der Waals surface area contributed by atoms with E-state index < -0.39 is 4.92 Å². The summed E-state index contributed by atoms with van der Waals surface area (Å²) in [5.41, 5.74) is 0.806. The summed E-state index contributed by atoms with van der Waals surface area (Å²) in [6, 6.07) is 6.02. The molecule has 0 spiro atoms. The van der Waals surface area contributed by atoms with E-state index in [1.54, 1.807) is 12.1 Å². The van der Waals surface area contributed by atoms with Crippen molar-refractivity contribution in [3.8, 4) is 11.8 Å². The van der Waals surface area contributed by atoms with E-state index >= 15 is 0 Å². The maximum absolute atomic E-state index is 10.2. The van der Waals surface area contributed by atoms with Crippen LogP contribution in [0, 0.1) is 28.9 Å². The van der Waals surface area contributed by atoms with E-state index in [-0.39, 0.29) is 5.69 Å². The summed E-state index contributed by atoms with van der Waals surface area (Å²) < 4.78 is 0. The number of non-ortho nitro benzene ring substituents is 1. The first-order chi connectivity index (χ1) is 5.74. The maximum Gasteiger partial charge on any atom is 0.269 e. The van der Waals surface area contributed by atoms with E-state index in [4.69, 9.17) is 0 Å². The Morgan fingerprint density at radius 2 is 1.92 bits per heavy atom. The van der Waals surface area contributed by atoms with E-state index in [1.807, 2.05) is 0 Å². The van der Waals surface area contributed by atoms with Gasteiger partial charge in [0.05, 0.1) is 4.92 Å². The second-order valence-electron chi connectivity index (χ2n) is 2.11. The number of hydrogen-bond donors (Lipinski definition) is 0. The minimum Gasteiger partial charge on any atom is -0.258 e. The highest BCUT2D eigenvalue weighted by Crippen LogP contribution is 2.10. The SMILES string of the molecule is [CH2]C#Cc1ccc([N+](=O)[O-])cc1. The predicted octanol–water partition coefficient (Wildman–Crippen LogP) is 1.78. The van der Waals surface area contributed by atoms with Gasteiger partial charge in [-0.2, -0.15) is 0 Å². The molecule has 59 valence electrons. The summed E-state index contributed by atoms with van der Waals surface area (Å²) in [5.74, 6) is 5.15. The Hall–Kier alpha value is -1.82. The van der Waals surface area contributed by atoms with Crippen molar-refractivity contribution in [2.45, 2.75) is 0 Å². The molecular weight excluding hydrogens is 154 g/mol. The molecule has 0 saturated heterocycles. The van der Waals surface area contributed by atoms with Gasteiger partial charge in [-0.1, -0.05) is 11.8 Å². The Morgan fingerprint density at radius 1 is 1.33 bits per heavy atom. The van der Waals surface area contributed by atoms with Crippen LogP contribution < -0.4 is 0 Å². The Morgan fingerprint density at radius 3 is 2.33 bits per heavy atom. The summed E-state index contributed by atoms with van der Waals surface area (Å²) >= 11 is 0. The Balaban J connectivity index is 2.98. The van der Waals surface area contributed by atoms with Crippen LogP contribution in [0.25, 0.3) is 0 Å². The van der Waals surface area contributed by atoms with Crippen molar-refractivity contribution < 1.29 is 4.92 Å². The highest BCUT2D eigenvalue weighted by Gasteiger charge is 2.01. The normalized spacial score (nSPS) is 8.42. The van der Waals surface area contributed by atoms with Crippen LogP contribution in [0.1, 0.15) is 5.56 Å².